The number of hydrogen-bond acceptors (Lipinski definition) is 2. The first-order chi connectivity index (χ1) is 13.1. The van der Waals surface area contributed by atoms with Gasteiger partial charge in [-0.3, -0.25) is 0 Å². The third-order valence-corrected chi connectivity index (χ3v) is 3.79. The summed E-state index contributed by atoms with van der Waals surface area (Å²) in [6.07, 6.45) is 0. The minimum absolute atomic E-state index is 0.0164. The van der Waals surface area contributed by atoms with E-state index in [4.69, 9.17) is 21.9 Å². The summed E-state index contributed by atoms with van der Waals surface area (Å²) in [4.78, 5) is 7.82. The van der Waals surface area contributed by atoms with Gasteiger partial charge in [0, 0.05) is 0 Å². The lowest BCUT2D eigenvalue weighted by Crippen LogP contribution is -2.26. The van der Waals surface area contributed by atoms with Gasteiger partial charge in [-0.2, -0.15) is 4.99 Å². The number of nitrogens with zero attached hydrogens (tertiary/aromatic N) is 2. The molecule has 6 heteroatoms. The summed E-state index contributed by atoms with van der Waals surface area (Å²) in [5.74, 6) is 0.721. The smallest absolute Gasteiger partial charge is 0.223 e. The molecule has 136 valence electrons. The number of benzene rings is 3. The largest absolute Gasteiger partial charge is 0.489 e. The number of hydrogen-bond donors (Lipinski definition) is 3. The van der Waals surface area contributed by atoms with Crippen molar-refractivity contribution >= 4 is 17.6 Å². The number of ether oxygens (including phenoxy) is 1. The van der Waals surface area contributed by atoms with Crippen molar-refractivity contribution in [2.75, 3.05) is 0 Å². The fraction of sp³-hybridized carbons (Fsp3) is 0.0476. The van der Waals surface area contributed by atoms with Crippen LogP contribution in [0.15, 0.2) is 88.8 Å². The van der Waals surface area contributed by atoms with Crippen LogP contribution in [0.3, 0.4) is 0 Å². The van der Waals surface area contributed by atoms with Crippen LogP contribution in [0.2, 0.25) is 0 Å². The van der Waals surface area contributed by atoms with E-state index in [2.05, 4.69) is 9.98 Å². The zero-order chi connectivity index (χ0) is 19.1. The SMILES string of the molecule is NC(N)=NC(N)=Nc1ccc(-c2ccc(OCc3ccccc3)cc2)cc1. The third-order valence-electron chi connectivity index (χ3n) is 3.79. The van der Waals surface area contributed by atoms with Crippen LogP contribution in [-0.2, 0) is 6.61 Å². The zero-order valence-corrected chi connectivity index (χ0v) is 14.7. The second-order valence-electron chi connectivity index (χ2n) is 5.85. The Kier molecular flexibility index (Phi) is 5.69. The van der Waals surface area contributed by atoms with Crippen LogP contribution in [0.1, 0.15) is 5.56 Å². The molecule has 3 aromatic carbocycles. The summed E-state index contributed by atoms with van der Waals surface area (Å²) >= 11 is 0. The molecule has 0 saturated carbocycles. The first-order valence-electron chi connectivity index (χ1n) is 8.41. The minimum Gasteiger partial charge on any atom is -0.489 e. The highest BCUT2D eigenvalue weighted by molar-refractivity contribution is 5.93. The van der Waals surface area contributed by atoms with E-state index in [1.54, 1.807) is 0 Å². The van der Waals surface area contributed by atoms with Gasteiger partial charge in [0.1, 0.15) is 12.4 Å². The van der Waals surface area contributed by atoms with E-state index in [9.17, 15) is 0 Å². The summed E-state index contributed by atoms with van der Waals surface area (Å²) in [6.45, 7) is 0.546. The number of guanidine groups is 2. The summed E-state index contributed by atoms with van der Waals surface area (Å²) in [7, 11) is 0. The lowest BCUT2D eigenvalue weighted by Gasteiger charge is -2.08. The Hall–Kier alpha value is -3.80. The van der Waals surface area contributed by atoms with Crippen molar-refractivity contribution in [3.05, 3.63) is 84.4 Å². The van der Waals surface area contributed by atoms with Crippen molar-refractivity contribution in [3.63, 3.8) is 0 Å². The molecule has 0 fully saturated rings. The van der Waals surface area contributed by atoms with Crippen LogP contribution in [-0.4, -0.2) is 11.9 Å². The maximum absolute atomic E-state index is 5.81. The molecule has 0 unspecified atom stereocenters. The Morgan fingerprint density at radius 3 is 1.93 bits per heavy atom. The highest BCUT2D eigenvalue weighted by Gasteiger charge is 2.01. The lowest BCUT2D eigenvalue weighted by atomic mass is 10.1. The van der Waals surface area contributed by atoms with Crippen LogP contribution in [0.25, 0.3) is 11.1 Å². The Labute approximate surface area is 158 Å². The summed E-state index contributed by atoms with van der Waals surface area (Å²) < 4.78 is 5.81. The van der Waals surface area contributed by atoms with Gasteiger partial charge in [0.15, 0.2) is 5.96 Å². The van der Waals surface area contributed by atoms with Crippen LogP contribution < -0.4 is 21.9 Å². The van der Waals surface area contributed by atoms with Gasteiger partial charge >= 0.3 is 0 Å². The molecule has 0 atom stereocenters. The second-order valence-corrected chi connectivity index (χ2v) is 5.85. The molecular weight excluding hydrogens is 338 g/mol. The average molecular weight is 359 g/mol. The van der Waals surface area contributed by atoms with Gasteiger partial charge in [-0.1, -0.05) is 54.6 Å². The Balaban J connectivity index is 1.65. The number of rotatable bonds is 5. The summed E-state index contributed by atoms with van der Waals surface area (Å²) in [5.41, 5.74) is 20.1. The van der Waals surface area contributed by atoms with Crippen molar-refractivity contribution in [3.8, 4) is 16.9 Å². The lowest BCUT2D eigenvalue weighted by molar-refractivity contribution is 0.306. The minimum atomic E-state index is -0.123. The van der Waals surface area contributed by atoms with E-state index in [0.717, 1.165) is 22.4 Å². The molecule has 0 aromatic heterocycles. The Bertz CT molecular complexity index is 929. The summed E-state index contributed by atoms with van der Waals surface area (Å²) in [5, 5.41) is 0. The van der Waals surface area contributed by atoms with Gasteiger partial charge in [-0.15, -0.1) is 0 Å². The first kappa shape index (κ1) is 18.0. The van der Waals surface area contributed by atoms with E-state index < -0.39 is 0 Å². The van der Waals surface area contributed by atoms with Crippen molar-refractivity contribution in [2.45, 2.75) is 6.61 Å². The molecule has 0 spiro atoms. The third kappa shape index (κ3) is 5.34. The molecule has 27 heavy (non-hydrogen) atoms. The molecule has 0 aliphatic carbocycles. The van der Waals surface area contributed by atoms with Crippen LogP contribution in [0.4, 0.5) is 5.69 Å². The molecule has 0 aliphatic rings. The van der Waals surface area contributed by atoms with Crippen molar-refractivity contribution < 1.29 is 4.74 Å². The summed E-state index contributed by atoms with van der Waals surface area (Å²) in [6, 6.07) is 25.7. The highest BCUT2D eigenvalue weighted by Crippen LogP contribution is 2.25. The quantitative estimate of drug-likeness (QED) is 0.480. The highest BCUT2D eigenvalue weighted by atomic mass is 16.5. The predicted octanol–water partition coefficient (Wildman–Crippen LogP) is 3.15. The molecule has 6 N–H and O–H groups in total. The molecule has 0 bridgehead atoms. The molecule has 3 rings (SSSR count). The average Bonchev–Trinajstić information content (AvgIpc) is 2.68. The van der Waals surface area contributed by atoms with Crippen molar-refractivity contribution in [1.29, 1.82) is 0 Å². The number of aliphatic imine (C=N–C) groups is 2. The maximum Gasteiger partial charge on any atom is 0.223 e. The topological polar surface area (TPSA) is 112 Å². The fourth-order valence-electron chi connectivity index (χ4n) is 2.50. The van der Waals surface area contributed by atoms with E-state index in [1.807, 2.05) is 78.9 Å². The van der Waals surface area contributed by atoms with Crippen LogP contribution in [0, 0.1) is 0 Å². The van der Waals surface area contributed by atoms with Gasteiger partial charge in [-0.25, -0.2) is 4.99 Å². The zero-order valence-electron chi connectivity index (χ0n) is 14.7. The van der Waals surface area contributed by atoms with Crippen molar-refractivity contribution in [2.24, 2.45) is 27.2 Å². The molecule has 0 aliphatic heterocycles. The van der Waals surface area contributed by atoms with Gasteiger partial charge in [0.05, 0.1) is 5.69 Å². The maximum atomic E-state index is 5.81. The number of nitrogens with two attached hydrogens (primary N) is 3. The molecule has 3 aromatic rings. The monoisotopic (exact) mass is 359 g/mol. The second kappa shape index (κ2) is 8.53. The van der Waals surface area contributed by atoms with E-state index in [1.165, 1.54) is 0 Å². The standard InChI is InChI=1S/C21H21N5O/c22-20(23)26-21(24)25-18-10-6-16(7-11-18)17-8-12-19(13-9-17)27-14-15-4-2-1-3-5-15/h1-13H,14H2,(H6,22,23,24,25,26). The van der Waals surface area contributed by atoms with Gasteiger partial charge in [0.2, 0.25) is 5.96 Å². The molecule has 0 heterocycles. The van der Waals surface area contributed by atoms with E-state index in [0.29, 0.717) is 12.3 Å². The van der Waals surface area contributed by atoms with Crippen LogP contribution in [0.5, 0.6) is 5.75 Å². The fourth-order valence-corrected chi connectivity index (χ4v) is 2.50. The molecular formula is C21H21N5O. The van der Waals surface area contributed by atoms with E-state index >= 15 is 0 Å². The van der Waals surface area contributed by atoms with Gasteiger partial charge in [0.25, 0.3) is 0 Å². The van der Waals surface area contributed by atoms with Crippen LogP contribution >= 0.6 is 0 Å². The van der Waals surface area contributed by atoms with Gasteiger partial charge < -0.3 is 21.9 Å². The Morgan fingerprint density at radius 1 is 0.741 bits per heavy atom. The normalized spacial score (nSPS) is 11.0. The predicted molar refractivity (Wildman–Crippen MR) is 110 cm³/mol. The molecule has 0 radical (unpaired) electrons. The van der Waals surface area contributed by atoms with E-state index in [-0.39, 0.29) is 11.9 Å². The molecule has 0 amide bonds. The van der Waals surface area contributed by atoms with Crippen molar-refractivity contribution in [1.82, 2.24) is 0 Å². The first-order valence-corrected chi connectivity index (χ1v) is 8.41. The molecule has 0 saturated heterocycles. The molecule has 6 nitrogen and oxygen atoms in total. The Morgan fingerprint density at radius 2 is 1.33 bits per heavy atom. The van der Waals surface area contributed by atoms with Gasteiger partial charge in [-0.05, 0) is 41.0 Å².